The molecule has 0 unspecified atom stereocenters. The van der Waals surface area contributed by atoms with E-state index in [1.165, 1.54) is 18.4 Å². The summed E-state index contributed by atoms with van der Waals surface area (Å²) in [5, 5.41) is 11.1. The summed E-state index contributed by atoms with van der Waals surface area (Å²) in [6, 6.07) is 9.81. The minimum atomic E-state index is -0.945. The van der Waals surface area contributed by atoms with Crippen molar-refractivity contribution in [2.24, 2.45) is 0 Å². The predicted octanol–water partition coefficient (Wildman–Crippen LogP) is 2.09. The second kappa shape index (κ2) is 8.70. The van der Waals surface area contributed by atoms with Crippen molar-refractivity contribution >= 4 is 11.7 Å². The minimum Gasteiger partial charge on any atom is -0.386 e. The van der Waals surface area contributed by atoms with Gasteiger partial charge in [0.25, 0.3) is 5.91 Å². The van der Waals surface area contributed by atoms with Gasteiger partial charge >= 0.3 is 0 Å². The fourth-order valence-electron chi connectivity index (χ4n) is 4.48. The number of β-amino-alcohol motifs (C(OH)–C–C–N with tert-alkyl or cyclic N) is 1. The molecule has 160 valence electrons. The maximum Gasteiger partial charge on any atom is 0.253 e. The van der Waals surface area contributed by atoms with Crippen molar-refractivity contribution in [3.8, 4) is 0 Å². The highest BCUT2D eigenvalue weighted by atomic mass is 16.3. The van der Waals surface area contributed by atoms with E-state index >= 15 is 0 Å². The molecule has 7 nitrogen and oxygen atoms in total. The molecule has 2 aliphatic rings. The van der Waals surface area contributed by atoms with Gasteiger partial charge in [0.15, 0.2) is 0 Å². The Balaban J connectivity index is 1.34. The molecule has 0 spiro atoms. The molecule has 30 heavy (non-hydrogen) atoms. The number of carbonyl (C=O) groups excluding carboxylic acids is 1. The molecule has 2 saturated heterocycles. The largest absolute Gasteiger partial charge is 0.386 e. The first kappa shape index (κ1) is 20.8. The van der Waals surface area contributed by atoms with E-state index in [0.717, 1.165) is 31.1 Å². The van der Waals surface area contributed by atoms with Crippen LogP contribution in [0.25, 0.3) is 0 Å². The second-order valence-corrected chi connectivity index (χ2v) is 8.75. The van der Waals surface area contributed by atoms with Crippen LogP contribution >= 0.6 is 0 Å². The number of hydrogen-bond acceptors (Lipinski definition) is 6. The molecular formula is C23H31N5O2. The highest BCUT2D eigenvalue weighted by Gasteiger charge is 2.38. The van der Waals surface area contributed by atoms with E-state index in [-0.39, 0.29) is 5.91 Å². The smallest absolute Gasteiger partial charge is 0.253 e. The third-order valence-corrected chi connectivity index (χ3v) is 6.13. The number of aliphatic hydroxyl groups is 1. The zero-order valence-corrected chi connectivity index (χ0v) is 17.9. The number of anilines is 1. The third-order valence-electron chi connectivity index (χ3n) is 6.13. The second-order valence-electron chi connectivity index (χ2n) is 8.75. The van der Waals surface area contributed by atoms with Crippen LogP contribution in [-0.2, 0) is 6.54 Å². The molecule has 1 aromatic carbocycles. The van der Waals surface area contributed by atoms with E-state index < -0.39 is 5.60 Å². The van der Waals surface area contributed by atoms with Crippen molar-refractivity contribution in [1.29, 1.82) is 0 Å². The van der Waals surface area contributed by atoms with Crippen LogP contribution in [0.3, 0.4) is 0 Å². The maximum atomic E-state index is 12.9. The van der Waals surface area contributed by atoms with Crippen molar-refractivity contribution in [2.75, 3.05) is 44.7 Å². The molecule has 0 radical (unpaired) electrons. The zero-order chi connectivity index (χ0) is 21.1. The quantitative estimate of drug-likeness (QED) is 0.788. The summed E-state index contributed by atoms with van der Waals surface area (Å²) in [4.78, 5) is 27.5. The molecule has 2 aliphatic heterocycles. The van der Waals surface area contributed by atoms with Gasteiger partial charge in [0, 0.05) is 44.0 Å². The lowest BCUT2D eigenvalue weighted by Crippen LogP contribution is -2.46. The number of nitrogens with zero attached hydrogens (tertiary/aromatic N) is 5. The van der Waals surface area contributed by atoms with Crippen LogP contribution in [0.4, 0.5) is 5.82 Å². The summed E-state index contributed by atoms with van der Waals surface area (Å²) in [5.41, 5.74) is 1.85. The maximum absolute atomic E-state index is 12.9. The first-order valence-corrected chi connectivity index (χ1v) is 10.7. The Bertz CT molecular complexity index is 881. The molecule has 1 N–H and O–H groups in total. The number of rotatable bonds is 6. The van der Waals surface area contributed by atoms with Gasteiger partial charge in [-0.25, -0.2) is 9.97 Å². The molecule has 7 heteroatoms. The summed E-state index contributed by atoms with van der Waals surface area (Å²) in [6.45, 7) is 6.65. The Hall–Kier alpha value is -2.51. The van der Waals surface area contributed by atoms with Gasteiger partial charge < -0.3 is 14.9 Å². The molecule has 1 atom stereocenters. The van der Waals surface area contributed by atoms with Crippen molar-refractivity contribution in [3.05, 3.63) is 53.5 Å². The van der Waals surface area contributed by atoms with Crippen molar-refractivity contribution in [2.45, 2.75) is 38.3 Å². The Kier molecular flexibility index (Phi) is 6.01. The normalized spacial score (nSPS) is 21.9. The van der Waals surface area contributed by atoms with E-state index in [2.05, 4.69) is 19.8 Å². The van der Waals surface area contributed by atoms with Gasteiger partial charge in [-0.1, -0.05) is 12.1 Å². The lowest BCUT2D eigenvalue weighted by atomic mass is 10.0. The topological polar surface area (TPSA) is 72.8 Å². The highest BCUT2D eigenvalue weighted by Crippen LogP contribution is 2.26. The minimum absolute atomic E-state index is 0.0625. The van der Waals surface area contributed by atoms with Crippen LogP contribution in [0.5, 0.6) is 0 Å². The molecule has 1 aromatic heterocycles. The summed E-state index contributed by atoms with van der Waals surface area (Å²) in [7, 11) is 1.76. The van der Waals surface area contributed by atoms with Gasteiger partial charge in [-0.2, -0.15) is 0 Å². The number of amides is 1. The number of aryl methyl sites for hydroxylation is 1. The molecule has 0 aliphatic carbocycles. The molecule has 2 fully saturated rings. The van der Waals surface area contributed by atoms with Gasteiger partial charge in [0.2, 0.25) is 0 Å². The number of likely N-dealkylation sites (tertiary alicyclic amines) is 1. The molecule has 3 heterocycles. The fraction of sp³-hybridized carbons (Fsp3) is 0.522. The number of aromatic nitrogens is 2. The molecule has 0 bridgehead atoms. The van der Waals surface area contributed by atoms with Gasteiger partial charge in [-0.15, -0.1) is 0 Å². The SMILES string of the molecule is Cc1cc(N2CC[C@](O)(CN(C)C(=O)c3ccc(CN4CCCC4)cc3)C2)ncn1. The Labute approximate surface area is 178 Å². The van der Waals surface area contributed by atoms with Crippen molar-refractivity contribution in [1.82, 2.24) is 19.8 Å². The first-order chi connectivity index (χ1) is 14.4. The average Bonchev–Trinajstić information content (AvgIpc) is 3.38. The Morgan fingerprint density at radius 3 is 2.60 bits per heavy atom. The van der Waals surface area contributed by atoms with Crippen LogP contribution in [0.1, 0.15) is 40.9 Å². The van der Waals surface area contributed by atoms with E-state index in [0.29, 0.717) is 31.6 Å². The van der Waals surface area contributed by atoms with Gasteiger partial charge in [0.05, 0.1) is 6.54 Å². The van der Waals surface area contributed by atoms with E-state index in [1.807, 2.05) is 37.3 Å². The predicted molar refractivity (Wildman–Crippen MR) is 116 cm³/mol. The summed E-state index contributed by atoms with van der Waals surface area (Å²) >= 11 is 0. The average molecular weight is 410 g/mol. The molecular weight excluding hydrogens is 378 g/mol. The fourth-order valence-corrected chi connectivity index (χ4v) is 4.48. The Morgan fingerprint density at radius 2 is 1.90 bits per heavy atom. The van der Waals surface area contributed by atoms with Gasteiger partial charge in [-0.3, -0.25) is 9.69 Å². The number of likely N-dealkylation sites (N-methyl/N-ethyl adjacent to an activating group) is 1. The first-order valence-electron chi connectivity index (χ1n) is 10.7. The van der Waals surface area contributed by atoms with Gasteiger partial charge in [0.1, 0.15) is 17.7 Å². The molecule has 0 saturated carbocycles. The number of hydrogen-bond donors (Lipinski definition) is 1. The van der Waals surface area contributed by atoms with Gasteiger partial charge in [-0.05, 0) is 57.0 Å². The highest BCUT2D eigenvalue weighted by molar-refractivity contribution is 5.94. The van der Waals surface area contributed by atoms with Crippen LogP contribution in [-0.4, -0.2) is 76.2 Å². The molecule has 4 rings (SSSR count). The van der Waals surface area contributed by atoms with E-state index in [4.69, 9.17) is 0 Å². The van der Waals surface area contributed by atoms with E-state index in [9.17, 15) is 9.90 Å². The summed E-state index contributed by atoms with van der Waals surface area (Å²) < 4.78 is 0. The lowest BCUT2D eigenvalue weighted by Gasteiger charge is -2.29. The van der Waals surface area contributed by atoms with Crippen LogP contribution < -0.4 is 4.90 Å². The number of benzene rings is 1. The van der Waals surface area contributed by atoms with Crippen LogP contribution in [0, 0.1) is 6.92 Å². The number of carbonyl (C=O) groups is 1. The lowest BCUT2D eigenvalue weighted by molar-refractivity contribution is 0.0264. The van der Waals surface area contributed by atoms with Crippen LogP contribution in [0.15, 0.2) is 36.7 Å². The van der Waals surface area contributed by atoms with Crippen molar-refractivity contribution < 1.29 is 9.90 Å². The molecule has 2 aromatic rings. The van der Waals surface area contributed by atoms with Crippen molar-refractivity contribution in [3.63, 3.8) is 0 Å². The Morgan fingerprint density at radius 1 is 1.17 bits per heavy atom. The molecule has 1 amide bonds. The standard InChI is InChI=1S/C23H31N5O2/c1-18-13-21(25-17-24-18)28-12-9-23(30,16-28)15-26(2)22(29)20-7-5-19(6-8-20)14-27-10-3-4-11-27/h5-8,13,17,30H,3-4,9-12,14-16H2,1-2H3/t23-/m0/s1. The summed E-state index contributed by atoms with van der Waals surface area (Å²) in [6.07, 6.45) is 4.70. The van der Waals surface area contributed by atoms with E-state index in [1.54, 1.807) is 18.3 Å². The summed E-state index contributed by atoms with van der Waals surface area (Å²) in [5.74, 6) is 0.758. The zero-order valence-electron chi connectivity index (χ0n) is 17.9. The van der Waals surface area contributed by atoms with Crippen LogP contribution in [0.2, 0.25) is 0 Å². The third kappa shape index (κ3) is 4.79. The monoisotopic (exact) mass is 409 g/mol.